The van der Waals surface area contributed by atoms with Crippen molar-refractivity contribution in [1.29, 1.82) is 0 Å². The van der Waals surface area contributed by atoms with Crippen molar-refractivity contribution in [3.05, 3.63) is 59.2 Å². The molecule has 1 heterocycles. The molecular weight excluding hydrogens is 385 g/mol. The molecule has 1 aromatic heterocycles. The van der Waals surface area contributed by atoms with E-state index < -0.39 is 15.8 Å². The molecule has 0 fully saturated rings. The summed E-state index contributed by atoms with van der Waals surface area (Å²) in [6, 6.07) is 10.1. The van der Waals surface area contributed by atoms with E-state index in [4.69, 9.17) is 20.9 Å². The van der Waals surface area contributed by atoms with Crippen molar-refractivity contribution in [2.75, 3.05) is 7.11 Å². The van der Waals surface area contributed by atoms with Gasteiger partial charge >= 0.3 is 0 Å². The smallest absolute Gasteiger partial charge is 0.244 e. The van der Waals surface area contributed by atoms with Gasteiger partial charge in [0.15, 0.2) is 0 Å². The summed E-state index contributed by atoms with van der Waals surface area (Å²) in [6.45, 7) is -0.278. The number of benzene rings is 2. The number of hydrogen-bond donors (Lipinski definition) is 1. The molecule has 0 saturated carbocycles. The van der Waals surface area contributed by atoms with Crippen LogP contribution in [-0.2, 0) is 16.6 Å². The van der Waals surface area contributed by atoms with Crippen molar-refractivity contribution in [2.24, 2.45) is 0 Å². The number of aromatic nitrogens is 2. The Kier molecular flexibility index (Phi) is 5.21. The summed E-state index contributed by atoms with van der Waals surface area (Å²) in [6.07, 6.45) is 0. The van der Waals surface area contributed by atoms with E-state index in [1.807, 2.05) is 0 Å². The van der Waals surface area contributed by atoms with Gasteiger partial charge in [-0.25, -0.2) is 17.5 Å². The lowest BCUT2D eigenvalue weighted by Crippen LogP contribution is -2.24. The number of hydrogen-bond acceptors (Lipinski definition) is 6. The van der Waals surface area contributed by atoms with Gasteiger partial charge in [-0.1, -0.05) is 28.9 Å². The van der Waals surface area contributed by atoms with Crippen molar-refractivity contribution in [2.45, 2.75) is 11.4 Å². The zero-order chi connectivity index (χ0) is 18.7. The van der Waals surface area contributed by atoms with Crippen LogP contribution in [0.3, 0.4) is 0 Å². The molecule has 0 aliphatic rings. The summed E-state index contributed by atoms with van der Waals surface area (Å²) < 4.78 is 51.0. The Morgan fingerprint density at radius 2 is 2.04 bits per heavy atom. The Morgan fingerprint density at radius 3 is 2.77 bits per heavy atom. The first-order valence-electron chi connectivity index (χ1n) is 7.31. The molecule has 0 spiro atoms. The molecule has 1 N–H and O–H groups in total. The predicted molar refractivity (Wildman–Crippen MR) is 91.7 cm³/mol. The van der Waals surface area contributed by atoms with E-state index in [1.165, 1.54) is 43.5 Å². The molecular formula is C16H13ClFN3O4S. The third-order valence-electron chi connectivity index (χ3n) is 3.41. The quantitative estimate of drug-likeness (QED) is 0.687. The van der Waals surface area contributed by atoms with Crippen LogP contribution in [0.15, 0.2) is 51.9 Å². The second-order valence-electron chi connectivity index (χ2n) is 5.11. The van der Waals surface area contributed by atoms with Gasteiger partial charge in [-0.15, -0.1) is 0 Å². The fourth-order valence-corrected chi connectivity index (χ4v) is 3.58. The molecule has 10 heteroatoms. The Balaban J connectivity index is 1.79. The summed E-state index contributed by atoms with van der Waals surface area (Å²) >= 11 is 5.86. The first-order chi connectivity index (χ1) is 12.4. The second kappa shape index (κ2) is 7.40. The van der Waals surface area contributed by atoms with Crippen LogP contribution in [0.2, 0.25) is 5.02 Å². The van der Waals surface area contributed by atoms with E-state index in [1.54, 1.807) is 6.07 Å². The zero-order valence-corrected chi connectivity index (χ0v) is 15.0. The van der Waals surface area contributed by atoms with Gasteiger partial charge in [0.05, 0.1) is 19.2 Å². The highest BCUT2D eigenvalue weighted by Gasteiger charge is 2.21. The van der Waals surface area contributed by atoms with Crippen molar-refractivity contribution in [1.82, 2.24) is 14.9 Å². The van der Waals surface area contributed by atoms with Crippen LogP contribution in [0.4, 0.5) is 4.39 Å². The molecule has 0 saturated heterocycles. The molecule has 0 unspecified atom stereocenters. The van der Waals surface area contributed by atoms with Crippen LogP contribution >= 0.6 is 11.6 Å². The third kappa shape index (κ3) is 3.85. The Morgan fingerprint density at radius 1 is 1.27 bits per heavy atom. The van der Waals surface area contributed by atoms with Gasteiger partial charge in [0.25, 0.3) is 0 Å². The largest absolute Gasteiger partial charge is 0.495 e. The van der Waals surface area contributed by atoms with Gasteiger partial charge in [-0.2, -0.15) is 4.98 Å². The van der Waals surface area contributed by atoms with Crippen molar-refractivity contribution >= 4 is 21.6 Å². The molecule has 3 rings (SSSR count). The standard InChI is InChI=1S/C16H13ClFN3O4S/c1-24-13-7-6-10(17)8-14(13)26(22,23)19-9-15-20-16(21-25-15)11-4-2-3-5-12(11)18/h2-8,19H,9H2,1H3. The van der Waals surface area contributed by atoms with Crippen molar-refractivity contribution in [3.63, 3.8) is 0 Å². The van der Waals surface area contributed by atoms with Crippen LogP contribution in [0.25, 0.3) is 11.4 Å². The Bertz CT molecular complexity index is 1040. The van der Waals surface area contributed by atoms with Gasteiger partial charge in [0.2, 0.25) is 21.7 Å². The lowest BCUT2D eigenvalue weighted by Gasteiger charge is -2.09. The van der Waals surface area contributed by atoms with E-state index in [-0.39, 0.29) is 39.5 Å². The highest BCUT2D eigenvalue weighted by molar-refractivity contribution is 7.89. The van der Waals surface area contributed by atoms with Gasteiger partial charge in [0.1, 0.15) is 16.5 Å². The third-order valence-corrected chi connectivity index (χ3v) is 5.07. The molecule has 0 atom stereocenters. The maximum Gasteiger partial charge on any atom is 0.244 e. The van der Waals surface area contributed by atoms with Crippen molar-refractivity contribution < 1.29 is 22.1 Å². The number of nitrogens with zero attached hydrogens (tertiary/aromatic N) is 2. The first kappa shape index (κ1) is 18.3. The topological polar surface area (TPSA) is 94.3 Å². The van der Waals surface area contributed by atoms with Crippen LogP contribution < -0.4 is 9.46 Å². The van der Waals surface area contributed by atoms with E-state index in [0.717, 1.165) is 0 Å². The normalized spacial score (nSPS) is 11.5. The molecule has 3 aromatic rings. The van der Waals surface area contributed by atoms with E-state index in [0.29, 0.717) is 0 Å². The molecule has 136 valence electrons. The van der Waals surface area contributed by atoms with E-state index in [9.17, 15) is 12.8 Å². The minimum atomic E-state index is -3.95. The number of rotatable bonds is 6. The average Bonchev–Trinajstić information content (AvgIpc) is 3.09. The van der Waals surface area contributed by atoms with Gasteiger partial charge in [-0.05, 0) is 30.3 Å². The zero-order valence-electron chi connectivity index (χ0n) is 13.4. The van der Waals surface area contributed by atoms with E-state index >= 15 is 0 Å². The molecule has 0 aliphatic heterocycles. The van der Waals surface area contributed by atoms with Gasteiger partial charge in [0, 0.05) is 5.02 Å². The lowest BCUT2D eigenvalue weighted by molar-refractivity contribution is 0.375. The monoisotopic (exact) mass is 397 g/mol. The summed E-state index contributed by atoms with van der Waals surface area (Å²) in [5.41, 5.74) is 0.155. The first-order valence-corrected chi connectivity index (χ1v) is 9.17. The minimum Gasteiger partial charge on any atom is -0.495 e. The molecule has 7 nitrogen and oxygen atoms in total. The minimum absolute atomic E-state index is 0.0205. The van der Waals surface area contributed by atoms with Crippen LogP contribution in [0, 0.1) is 5.82 Å². The Labute approximate surface area is 153 Å². The molecule has 0 bridgehead atoms. The van der Waals surface area contributed by atoms with Crippen molar-refractivity contribution in [3.8, 4) is 17.1 Å². The van der Waals surface area contributed by atoms with Crippen LogP contribution in [0.1, 0.15) is 5.89 Å². The van der Waals surface area contributed by atoms with Gasteiger partial charge < -0.3 is 9.26 Å². The fraction of sp³-hybridized carbons (Fsp3) is 0.125. The number of sulfonamides is 1. The maximum atomic E-state index is 13.7. The van der Waals surface area contributed by atoms with E-state index in [2.05, 4.69) is 14.9 Å². The summed E-state index contributed by atoms with van der Waals surface area (Å²) in [4.78, 5) is 3.87. The number of methoxy groups -OCH3 is 1. The number of nitrogens with one attached hydrogen (secondary N) is 1. The second-order valence-corrected chi connectivity index (χ2v) is 7.28. The molecule has 0 radical (unpaired) electrons. The fourth-order valence-electron chi connectivity index (χ4n) is 2.17. The molecule has 0 aliphatic carbocycles. The lowest BCUT2D eigenvalue weighted by atomic mass is 10.2. The Hall–Kier alpha value is -2.49. The molecule has 26 heavy (non-hydrogen) atoms. The number of ether oxygens (including phenoxy) is 1. The average molecular weight is 398 g/mol. The maximum absolute atomic E-state index is 13.7. The van der Waals surface area contributed by atoms with Crippen LogP contribution in [-0.4, -0.2) is 25.7 Å². The predicted octanol–water partition coefficient (Wildman–Crippen LogP) is 3.02. The molecule has 0 amide bonds. The van der Waals surface area contributed by atoms with Gasteiger partial charge in [-0.3, -0.25) is 0 Å². The number of halogens is 2. The molecule has 2 aromatic carbocycles. The SMILES string of the molecule is COc1ccc(Cl)cc1S(=O)(=O)NCc1nc(-c2ccccc2F)no1. The van der Waals surface area contributed by atoms with Crippen LogP contribution in [0.5, 0.6) is 5.75 Å². The summed E-state index contributed by atoms with van der Waals surface area (Å²) in [5.74, 6) is -0.367. The summed E-state index contributed by atoms with van der Waals surface area (Å²) in [7, 11) is -2.60. The highest BCUT2D eigenvalue weighted by Crippen LogP contribution is 2.27. The summed E-state index contributed by atoms with van der Waals surface area (Å²) in [5, 5.41) is 3.90. The highest BCUT2D eigenvalue weighted by atomic mass is 35.5.